The van der Waals surface area contributed by atoms with Crippen molar-refractivity contribution in [2.75, 3.05) is 6.54 Å². The maximum Gasteiger partial charge on any atom is 0.224 e. The number of halogens is 1. The second-order valence-corrected chi connectivity index (χ2v) is 7.61. The van der Waals surface area contributed by atoms with Crippen molar-refractivity contribution >= 4 is 16.8 Å². The molecule has 3 nitrogen and oxygen atoms in total. The SMILES string of the molecule is CC(C)=C[C@@H]1[C@@H](C(=O)NCCc2c[nH]c3cc(F)ccc23)C1(C)C. The molecule has 2 atom stereocenters. The summed E-state index contributed by atoms with van der Waals surface area (Å²) in [6.45, 7) is 9.04. The van der Waals surface area contributed by atoms with Gasteiger partial charge in [-0.15, -0.1) is 0 Å². The molecular formula is C20H25FN2O. The molecule has 1 amide bonds. The van der Waals surface area contributed by atoms with Crippen LogP contribution >= 0.6 is 0 Å². The predicted octanol–water partition coefficient (Wildman–Crippen LogP) is 4.20. The molecule has 0 bridgehead atoms. The van der Waals surface area contributed by atoms with Crippen molar-refractivity contribution in [1.29, 1.82) is 0 Å². The van der Waals surface area contributed by atoms with E-state index in [0.29, 0.717) is 12.5 Å². The van der Waals surface area contributed by atoms with Crippen LogP contribution < -0.4 is 5.32 Å². The maximum absolute atomic E-state index is 13.2. The lowest BCUT2D eigenvalue weighted by atomic mass is 10.1. The van der Waals surface area contributed by atoms with E-state index in [4.69, 9.17) is 0 Å². The highest BCUT2D eigenvalue weighted by molar-refractivity contribution is 5.84. The standard InChI is InChI=1S/C20H25FN2O/c1-12(2)9-16-18(20(16,3)4)19(24)22-8-7-13-11-23-17-10-14(21)5-6-15(13)17/h5-6,9-11,16,18,23H,7-8H2,1-4H3,(H,22,24)/t16-,18+/m1/s1. The van der Waals surface area contributed by atoms with Crippen molar-refractivity contribution in [2.45, 2.75) is 34.1 Å². The van der Waals surface area contributed by atoms with E-state index in [1.54, 1.807) is 6.07 Å². The minimum Gasteiger partial charge on any atom is -0.361 e. The van der Waals surface area contributed by atoms with Gasteiger partial charge in [-0.25, -0.2) is 4.39 Å². The number of carbonyl (C=O) groups excluding carboxylic acids is 1. The van der Waals surface area contributed by atoms with Crippen LogP contribution in [-0.2, 0) is 11.2 Å². The summed E-state index contributed by atoms with van der Waals surface area (Å²) in [5.41, 5.74) is 3.19. The highest BCUT2D eigenvalue weighted by Gasteiger charge is 2.60. The van der Waals surface area contributed by atoms with Crippen LogP contribution in [0.4, 0.5) is 4.39 Å². The number of nitrogens with one attached hydrogen (secondary N) is 2. The van der Waals surface area contributed by atoms with Gasteiger partial charge in [0.05, 0.1) is 5.92 Å². The smallest absolute Gasteiger partial charge is 0.224 e. The van der Waals surface area contributed by atoms with Gasteiger partial charge in [-0.05, 0) is 55.4 Å². The third kappa shape index (κ3) is 3.10. The molecule has 1 fully saturated rings. The zero-order valence-corrected chi connectivity index (χ0v) is 14.7. The van der Waals surface area contributed by atoms with E-state index < -0.39 is 0 Å². The van der Waals surface area contributed by atoms with Gasteiger partial charge in [-0.2, -0.15) is 0 Å². The number of allylic oxidation sites excluding steroid dienone is 2. The fourth-order valence-corrected chi connectivity index (χ4v) is 3.64. The molecule has 2 N–H and O–H groups in total. The number of fused-ring (bicyclic) bond motifs is 1. The molecule has 1 heterocycles. The summed E-state index contributed by atoms with van der Waals surface area (Å²) in [6.07, 6.45) is 4.83. The molecule has 3 rings (SSSR count). The van der Waals surface area contributed by atoms with E-state index in [-0.39, 0.29) is 23.1 Å². The number of aromatic nitrogens is 1. The van der Waals surface area contributed by atoms with Gasteiger partial charge in [0, 0.05) is 23.6 Å². The molecule has 0 unspecified atom stereocenters. The largest absolute Gasteiger partial charge is 0.361 e. The van der Waals surface area contributed by atoms with Gasteiger partial charge in [0.15, 0.2) is 0 Å². The van der Waals surface area contributed by atoms with E-state index in [1.165, 1.54) is 17.7 Å². The van der Waals surface area contributed by atoms with Crippen LogP contribution in [0.15, 0.2) is 36.0 Å². The molecule has 128 valence electrons. The highest BCUT2D eigenvalue weighted by atomic mass is 19.1. The van der Waals surface area contributed by atoms with E-state index in [9.17, 15) is 9.18 Å². The van der Waals surface area contributed by atoms with E-state index in [1.807, 2.05) is 6.20 Å². The lowest BCUT2D eigenvalue weighted by Crippen LogP contribution is -2.28. The molecule has 1 aliphatic rings. The van der Waals surface area contributed by atoms with Gasteiger partial charge in [-0.1, -0.05) is 25.5 Å². The molecule has 4 heteroatoms. The third-order valence-corrected chi connectivity index (χ3v) is 5.13. The van der Waals surface area contributed by atoms with Crippen LogP contribution in [0.5, 0.6) is 0 Å². The fraction of sp³-hybridized carbons (Fsp3) is 0.450. The van der Waals surface area contributed by atoms with E-state index >= 15 is 0 Å². The molecule has 0 radical (unpaired) electrons. The number of H-pyrrole nitrogens is 1. The third-order valence-electron chi connectivity index (χ3n) is 5.13. The quantitative estimate of drug-likeness (QED) is 0.794. The van der Waals surface area contributed by atoms with Crippen LogP contribution in [0.25, 0.3) is 10.9 Å². The van der Waals surface area contributed by atoms with Gasteiger partial charge in [0.1, 0.15) is 5.82 Å². The first-order valence-electron chi connectivity index (χ1n) is 8.49. The van der Waals surface area contributed by atoms with Crippen molar-refractivity contribution in [3.63, 3.8) is 0 Å². The molecule has 1 saturated carbocycles. The number of rotatable bonds is 5. The summed E-state index contributed by atoms with van der Waals surface area (Å²) < 4.78 is 13.2. The van der Waals surface area contributed by atoms with Gasteiger partial charge < -0.3 is 10.3 Å². The first-order valence-corrected chi connectivity index (χ1v) is 8.49. The number of benzene rings is 1. The van der Waals surface area contributed by atoms with Gasteiger partial charge in [0.2, 0.25) is 5.91 Å². The maximum atomic E-state index is 13.2. The molecular weight excluding hydrogens is 303 g/mol. The summed E-state index contributed by atoms with van der Waals surface area (Å²) in [7, 11) is 0. The monoisotopic (exact) mass is 328 g/mol. The lowest BCUT2D eigenvalue weighted by Gasteiger charge is -2.06. The number of hydrogen-bond acceptors (Lipinski definition) is 1. The zero-order valence-electron chi connectivity index (χ0n) is 14.7. The molecule has 1 aliphatic carbocycles. The summed E-state index contributed by atoms with van der Waals surface area (Å²) in [4.78, 5) is 15.5. The number of amides is 1. The molecule has 2 aromatic rings. The van der Waals surface area contributed by atoms with Gasteiger partial charge in [-0.3, -0.25) is 4.79 Å². The zero-order chi connectivity index (χ0) is 17.5. The van der Waals surface area contributed by atoms with Crippen molar-refractivity contribution < 1.29 is 9.18 Å². The van der Waals surface area contributed by atoms with Crippen molar-refractivity contribution in [3.8, 4) is 0 Å². The summed E-state index contributed by atoms with van der Waals surface area (Å²) in [5, 5.41) is 4.08. The first kappa shape index (κ1) is 16.7. The summed E-state index contributed by atoms with van der Waals surface area (Å²) in [5.74, 6) is 0.280. The Kier molecular flexibility index (Phi) is 4.24. The lowest BCUT2D eigenvalue weighted by molar-refractivity contribution is -0.123. The topological polar surface area (TPSA) is 44.9 Å². The van der Waals surface area contributed by atoms with E-state index in [0.717, 1.165) is 22.9 Å². The fourth-order valence-electron chi connectivity index (χ4n) is 3.64. The molecule has 0 saturated heterocycles. The van der Waals surface area contributed by atoms with Crippen molar-refractivity contribution in [3.05, 3.63) is 47.4 Å². The second-order valence-electron chi connectivity index (χ2n) is 7.61. The van der Waals surface area contributed by atoms with Crippen molar-refractivity contribution in [2.24, 2.45) is 17.3 Å². The molecule has 1 aromatic carbocycles. The van der Waals surface area contributed by atoms with Crippen LogP contribution in [0.2, 0.25) is 0 Å². The number of aromatic amines is 1. The van der Waals surface area contributed by atoms with Crippen molar-refractivity contribution in [1.82, 2.24) is 10.3 Å². The van der Waals surface area contributed by atoms with Crippen LogP contribution in [0, 0.1) is 23.1 Å². The minimum absolute atomic E-state index is 0.0413. The molecule has 24 heavy (non-hydrogen) atoms. The highest BCUT2D eigenvalue weighted by Crippen LogP contribution is 2.59. The average molecular weight is 328 g/mol. The molecule has 1 aromatic heterocycles. The van der Waals surface area contributed by atoms with Gasteiger partial charge >= 0.3 is 0 Å². The Morgan fingerprint density at radius 3 is 2.83 bits per heavy atom. The minimum atomic E-state index is -0.245. The molecule has 0 spiro atoms. The Morgan fingerprint density at radius 1 is 1.38 bits per heavy atom. The van der Waals surface area contributed by atoms with Crippen LogP contribution in [0.3, 0.4) is 0 Å². The van der Waals surface area contributed by atoms with E-state index in [2.05, 4.69) is 44.1 Å². The predicted molar refractivity (Wildman–Crippen MR) is 95.2 cm³/mol. The number of carbonyl (C=O) groups is 1. The second kappa shape index (κ2) is 6.08. The average Bonchev–Trinajstić information content (AvgIpc) is 2.84. The number of hydrogen-bond donors (Lipinski definition) is 2. The Labute approximate surface area is 142 Å². The summed E-state index contributed by atoms with van der Waals surface area (Å²) >= 11 is 0. The Balaban J connectivity index is 1.58. The first-order chi connectivity index (χ1) is 11.3. The Hall–Kier alpha value is -2.10. The Bertz CT molecular complexity index is 799. The van der Waals surface area contributed by atoms with Gasteiger partial charge in [0.25, 0.3) is 0 Å². The Morgan fingerprint density at radius 2 is 2.12 bits per heavy atom. The summed E-state index contributed by atoms with van der Waals surface area (Å²) in [6, 6.07) is 4.75. The van der Waals surface area contributed by atoms with Crippen LogP contribution in [-0.4, -0.2) is 17.4 Å². The molecule has 0 aliphatic heterocycles. The normalized spacial score (nSPS) is 21.5. The van der Waals surface area contributed by atoms with Crippen LogP contribution in [0.1, 0.15) is 33.3 Å².